The van der Waals surface area contributed by atoms with Gasteiger partial charge in [0.25, 0.3) is 0 Å². The molecule has 2 fully saturated rings. The Bertz CT molecular complexity index is 586. The van der Waals surface area contributed by atoms with Crippen molar-refractivity contribution in [3.8, 4) is 0 Å². The summed E-state index contributed by atoms with van der Waals surface area (Å²) in [4.78, 5) is 17.3. The molecule has 3 unspecified atom stereocenters. The molecule has 0 spiro atoms. The minimum absolute atomic E-state index is 0.0671. The van der Waals surface area contributed by atoms with Gasteiger partial charge in [-0.05, 0) is 37.8 Å². The highest BCUT2D eigenvalue weighted by Gasteiger charge is 2.29. The van der Waals surface area contributed by atoms with Gasteiger partial charge in [0.15, 0.2) is 0 Å². The number of halogens is 1. The first-order valence-electron chi connectivity index (χ1n) is 9.60. The molecule has 3 atom stereocenters. The number of para-hydroxylation sites is 1. The Kier molecular flexibility index (Phi) is 6.24. The van der Waals surface area contributed by atoms with Gasteiger partial charge in [-0.15, -0.1) is 0 Å². The first-order valence-corrected chi connectivity index (χ1v) is 9.98. The van der Waals surface area contributed by atoms with Crippen LogP contribution in [-0.4, -0.2) is 49.1 Å². The fourth-order valence-electron chi connectivity index (χ4n) is 4.06. The van der Waals surface area contributed by atoms with Crippen molar-refractivity contribution in [3.05, 3.63) is 29.3 Å². The third kappa shape index (κ3) is 4.48. The Hall–Kier alpha value is -1.26. The van der Waals surface area contributed by atoms with Crippen LogP contribution in [0, 0.1) is 5.92 Å². The number of nitrogens with zero attached hydrogens (tertiary/aromatic N) is 2. The van der Waals surface area contributed by atoms with Gasteiger partial charge in [0.05, 0.1) is 16.8 Å². The van der Waals surface area contributed by atoms with Gasteiger partial charge in [0.2, 0.25) is 5.91 Å². The smallest absolute Gasteiger partial charge is 0.237 e. The van der Waals surface area contributed by atoms with Crippen molar-refractivity contribution in [3.63, 3.8) is 0 Å². The van der Waals surface area contributed by atoms with Crippen molar-refractivity contribution in [1.82, 2.24) is 10.2 Å². The summed E-state index contributed by atoms with van der Waals surface area (Å²) in [5.74, 6) is 0.784. The van der Waals surface area contributed by atoms with E-state index in [2.05, 4.69) is 28.1 Å². The highest BCUT2D eigenvalue weighted by Crippen LogP contribution is 2.27. The maximum atomic E-state index is 12.7. The van der Waals surface area contributed by atoms with Crippen LogP contribution in [0.2, 0.25) is 5.02 Å². The maximum Gasteiger partial charge on any atom is 0.237 e. The van der Waals surface area contributed by atoms with E-state index in [1.54, 1.807) is 0 Å². The lowest BCUT2D eigenvalue weighted by Gasteiger charge is -2.39. The summed E-state index contributed by atoms with van der Waals surface area (Å²) in [6.45, 7) is 7.88. The van der Waals surface area contributed by atoms with Gasteiger partial charge in [-0.3, -0.25) is 9.69 Å². The molecule has 1 aromatic carbocycles. The molecule has 1 aliphatic carbocycles. The van der Waals surface area contributed by atoms with E-state index >= 15 is 0 Å². The van der Waals surface area contributed by atoms with Crippen molar-refractivity contribution in [2.75, 3.05) is 31.1 Å². The first kappa shape index (κ1) is 18.5. The van der Waals surface area contributed by atoms with Crippen LogP contribution in [0.15, 0.2) is 24.3 Å². The molecule has 1 N–H and O–H groups in total. The standard InChI is InChI=1S/C20H30ClN3O/c1-15-7-3-5-9-18(15)22-20(25)16(2)23-11-13-24(14-12-23)19-10-6-4-8-17(19)21/h4,6,8,10,15-16,18H,3,5,7,9,11-14H2,1-2H3,(H,22,25). The summed E-state index contributed by atoms with van der Waals surface area (Å²) in [6, 6.07) is 8.27. The van der Waals surface area contributed by atoms with Crippen LogP contribution in [-0.2, 0) is 4.79 Å². The summed E-state index contributed by atoms with van der Waals surface area (Å²) in [7, 11) is 0. The fraction of sp³-hybridized carbons (Fsp3) is 0.650. The van der Waals surface area contributed by atoms with E-state index in [9.17, 15) is 4.79 Å². The maximum absolute atomic E-state index is 12.7. The zero-order chi connectivity index (χ0) is 17.8. The van der Waals surface area contributed by atoms with Crippen molar-refractivity contribution in [2.24, 2.45) is 5.92 Å². The number of amides is 1. The molecule has 1 amide bonds. The van der Waals surface area contributed by atoms with Gasteiger partial charge in [0, 0.05) is 32.2 Å². The third-order valence-corrected chi connectivity index (χ3v) is 6.19. The molecule has 0 aromatic heterocycles. The lowest BCUT2D eigenvalue weighted by atomic mass is 9.86. The number of carbonyl (C=O) groups is 1. The normalized spacial score (nSPS) is 26.3. The molecule has 0 bridgehead atoms. The second-order valence-electron chi connectivity index (χ2n) is 7.53. The SMILES string of the molecule is CC1CCCCC1NC(=O)C(C)N1CCN(c2ccccc2Cl)CC1. The zero-order valence-electron chi connectivity index (χ0n) is 15.4. The lowest BCUT2D eigenvalue weighted by Crippen LogP contribution is -2.55. The van der Waals surface area contributed by atoms with Crippen LogP contribution < -0.4 is 10.2 Å². The van der Waals surface area contributed by atoms with E-state index in [4.69, 9.17) is 11.6 Å². The molecule has 0 radical (unpaired) electrons. The Balaban J connectivity index is 1.51. The van der Waals surface area contributed by atoms with E-state index in [0.717, 1.165) is 43.3 Å². The summed E-state index contributed by atoms with van der Waals surface area (Å²) in [5, 5.41) is 4.10. The largest absolute Gasteiger partial charge is 0.368 e. The minimum atomic E-state index is -0.0671. The van der Waals surface area contributed by atoms with E-state index in [1.807, 2.05) is 25.1 Å². The summed E-state index contributed by atoms with van der Waals surface area (Å²) in [6.07, 6.45) is 4.89. The molecule has 2 aliphatic rings. The average Bonchev–Trinajstić information content (AvgIpc) is 2.63. The molecule has 3 rings (SSSR count). The van der Waals surface area contributed by atoms with E-state index < -0.39 is 0 Å². The molecule has 25 heavy (non-hydrogen) atoms. The molecule has 1 saturated carbocycles. The Morgan fingerprint density at radius 2 is 1.84 bits per heavy atom. The van der Waals surface area contributed by atoms with Gasteiger partial charge in [0.1, 0.15) is 0 Å². The average molecular weight is 364 g/mol. The fourth-order valence-corrected chi connectivity index (χ4v) is 4.31. The van der Waals surface area contributed by atoms with Crippen LogP contribution >= 0.6 is 11.6 Å². The van der Waals surface area contributed by atoms with Crippen LogP contribution in [0.1, 0.15) is 39.5 Å². The molecule has 1 saturated heterocycles. The number of piperazine rings is 1. The molecule has 1 aliphatic heterocycles. The van der Waals surface area contributed by atoms with E-state index in [-0.39, 0.29) is 11.9 Å². The topological polar surface area (TPSA) is 35.6 Å². The quantitative estimate of drug-likeness (QED) is 0.888. The van der Waals surface area contributed by atoms with E-state index in [1.165, 1.54) is 19.3 Å². The Labute approximate surface area is 156 Å². The van der Waals surface area contributed by atoms with Crippen LogP contribution in [0.4, 0.5) is 5.69 Å². The second kappa shape index (κ2) is 8.41. The summed E-state index contributed by atoms with van der Waals surface area (Å²) in [5.41, 5.74) is 1.09. The van der Waals surface area contributed by atoms with Crippen molar-refractivity contribution in [2.45, 2.75) is 51.6 Å². The van der Waals surface area contributed by atoms with Crippen molar-refractivity contribution in [1.29, 1.82) is 0 Å². The van der Waals surface area contributed by atoms with Gasteiger partial charge in [-0.1, -0.05) is 43.5 Å². The molecule has 138 valence electrons. The Morgan fingerprint density at radius 3 is 2.52 bits per heavy atom. The number of hydrogen-bond acceptors (Lipinski definition) is 3. The molecule has 4 nitrogen and oxygen atoms in total. The van der Waals surface area contributed by atoms with Crippen LogP contribution in [0.25, 0.3) is 0 Å². The number of carbonyl (C=O) groups excluding carboxylic acids is 1. The molecular formula is C20H30ClN3O. The number of nitrogens with one attached hydrogen (secondary N) is 1. The summed E-state index contributed by atoms with van der Waals surface area (Å²) < 4.78 is 0. The number of rotatable bonds is 4. The van der Waals surface area contributed by atoms with Gasteiger partial charge >= 0.3 is 0 Å². The van der Waals surface area contributed by atoms with Crippen molar-refractivity contribution < 1.29 is 4.79 Å². The van der Waals surface area contributed by atoms with Crippen molar-refractivity contribution >= 4 is 23.2 Å². The van der Waals surface area contributed by atoms with Crippen LogP contribution in [0.5, 0.6) is 0 Å². The monoisotopic (exact) mass is 363 g/mol. The predicted molar refractivity (Wildman–Crippen MR) is 104 cm³/mol. The molecule has 5 heteroatoms. The second-order valence-corrected chi connectivity index (χ2v) is 7.93. The highest BCUT2D eigenvalue weighted by molar-refractivity contribution is 6.33. The lowest BCUT2D eigenvalue weighted by molar-refractivity contribution is -0.127. The molecule has 1 aromatic rings. The highest BCUT2D eigenvalue weighted by atomic mass is 35.5. The summed E-state index contributed by atoms with van der Waals surface area (Å²) >= 11 is 6.31. The number of benzene rings is 1. The van der Waals surface area contributed by atoms with Gasteiger partial charge in [-0.25, -0.2) is 0 Å². The van der Waals surface area contributed by atoms with E-state index in [0.29, 0.717) is 12.0 Å². The molecule has 1 heterocycles. The zero-order valence-corrected chi connectivity index (χ0v) is 16.1. The molecular weight excluding hydrogens is 334 g/mol. The van der Waals surface area contributed by atoms with Gasteiger partial charge in [-0.2, -0.15) is 0 Å². The minimum Gasteiger partial charge on any atom is -0.368 e. The van der Waals surface area contributed by atoms with Gasteiger partial charge < -0.3 is 10.2 Å². The Morgan fingerprint density at radius 1 is 1.16 bits per heavy atom. The number of hydrogen-bond donors (Lipinski definition) is 1. The third-order valence-electron chi connectivity index (χ3n) is 5.87. The first-order chi connectivity index (χ1) is 12.1. The number of anilines is 1. The predicted octanol–water partition coefficient (Wildman–Crippen LogP) is 3.55. The van der Waals surface area contributed by atoms with Crippen LogP contribution in [0.3, 0.4) is 0 Å².